The third kappa shape index (κ3) is 5.51. The number of rotatable bonds is 4. The number of halogens is 3. The van der Waals surface area contributed by atoms with Crippen molar-refractivity contribution in [3.05, 3.63) is 46.1 Å². The number of pyridine rings is 1. The number of carbonyl (C=O) groups excluding carboxylic acids is 1. The fraction of sp³-hybridized carbons (Fsp3) is 0.417. The van der Waals surface area contributed by atoms with Gasteiger partial charge in [0.2, 0.25) is 0 Å². The first-order valence-corrected chi connectivity index (χ1v) is 11.9. The number of hydrogen-bond acceptors (Lipinski definition) is 7. The van der Waals surface area contributed by atoms with Crippen LogP contribution < -0.4 is 10.1 Å². The smallest absolute Gasteiger partial charge is 0.410 e. The van der Waals surface area contributed by atoms with Crippen LogP contribution in [0, 0.1) is 5.82 Å². The van der Waals surface area contributed by atoms with E-state index in [1.807, 2.05) is 20.8 Å². The summed E-state index contributed by atoms with van der Waals surface area (Å²) in [5, 5.41) is 2.87. The summed E-state index contributed by atoms with van der Waals surface area (Å²) >= 11 is 11.9. The minimum Gasteiger partial charge on any atom is -0.495 e. The van der Waals surface area contributed by atoms with Crippen LogP contribution in [0.25, 0.3) is 11.0 Å². The maximum atomic E-state index is 14.7. The molecule has 0 spiro atoms. The van der Waals surface area contributed by atoms with Crippen molar-refractivity contribution in [1.29, 1.82) is 0 Å². The molecule has 0 radical (unpaired) electrons. The van der Waals surface area contributed by atoms with Crippen LogP contribution >= 0.6 is 23.2 Å². The first kappa shape index (κ1) is 25.2. The predicted molar refractivity (Wildman–Crippen MR) is 133 cm³/mol. The van der Waals surface area contributed by atoms with Gasteiger partial charge < -0.3 is 19.7 Å². The Kier molecular flexibility index (Phi) is 7.19. The Bertz CT molecular complexity index is 1270. The van der Waals surface area contributed by atoms with E-state index in [-0.39, 0.29) is 27.7 Å². The number of nitrogens with zero attached hydrogens (tertiary/aromatic N) is 4. The lowest BCUT2D eigenvalue weighted by atomic mass is 9.93. The zero-order valence-electron chi connectivity index (χ0n) is 19.9. The van der Waals surface area contributed by atoms with Crippen molar-refractivity contribution in [2.75, 3.05) is 25.5 Å². The van der Waals surface area contributed by atoms with Crippen molar-refractivity contribution in [3.8, 4) is 5.75 Å². The average Bonchev–Trinajstić information content (AvgIpc) is 2.82. The summed E-state index contributed by atoms with van der Waals surface area (Å²) in [5.41, 5.74) is 1.14. The molecule has 1 aliphatic rings. The molecule has 3 heterocycles. The summed E-state index contributed by atoms with van der Waals surface area (Å²) < 4.78 is 25.8. The highest BCUT2D eigenvalue weighted by atomic mass is 35.5. The molecule has 1 N–H and O–H groups in total. The largest absolute Gasteiger partial charge is 0.495 e. The monoisotopic (exact) mass is 521 g/mol. The Balaban J connectivity index is 1.70. The summed E-state index contributed by atoms with van der Waals surface area (Å²) in [4.78, 5) is 27.8. The molecule has 0 bridgehead atoms. The van der Waals surface area contributed by atoms with E-state index in [2.05, 4.69) is 15.3 Å². The third-order valence-corrected chi connectivity index (χ3v) is 6.35. The highest BCUT2D eigenvalue weighted by Gasteiger charge is 2.31. The van der Waals surface area contributed by atoms with Crippen LogP contribution in [0.15, 0.2) is 24.5 Å². The van der Waals surface area contributed by atoms with Crippen molar-refractivity contribution >= 4 is 51.8 Å². The SMILES string of the molecule is COc1cc2ncnc(Nc3ccc(Cl)c(Cl)c3F)c2nc1[C@@H]1CCCN(C(=O)OC(C)(C)C)C1. The van der Waals surface area contributed by atoms with Crippen LogP contribution in [-0.4, -0.2) is 51.7 Å². The number of nitrogens with one attached hydrogen (secondary N) is 1. The van der Waals surface area contributed by atoms with E-state index < -0.39 is 11.4 Å². The van der Waals surface area contributed by atoms with Gasteiger partial charge in [-0.1, -0.05) is 23.2 Å². The maximum Gasteiger partial charge on any atom is 0.410 e. The summed E-state index contributed by atoms with van der Waals surface area (Å²) in [6.45, 7) is 6.55. The van der Waals surface area contributed by atoms with Gasteiger partial charge in [-0.15, -0.1) is 0 Å². The van der Waals surface area contributed by atoms with Gasteiger partial charge in [-0.05, 0) is 45.7 Å². The van der Waals surface area contributed by atoms with Gasteiger partial charge in [-0.25, -0.2) is 24.1 Å². The number of aromatic nitrogens is 3. The van der Waals surface area contributed by atoms with Gasteiger partial charge in [-0.2, -0.15) is 0 Å². The Hall–Kier alpha value is -2.91. The van der Waals surface area contributed by atoms with E-state index in [0.29, 0.717) is 41.4 Å². The second-order valence-corrected chi connectivity index (χ2v) is 10.1. The molecule has 2 aromatic heterocycles. The molecular formula is C24H26Cl2FN5O3. The Morgan fingerprint density at radius 3 is 2.74 bits per heavy atom. The fourth-order valence-electron chi connectivity index (χ4n) is 3.97. The number of fused-ring (bicyclic) bond motifs is 1. The highest BCUT2D eigenvalue weighted by Crippen LogP contribution is 2.36. The van der Waals surface area contributed by atoms with Crippen LogP contribution in [0.3, 0.4) is 0 Å². The van der Waals surface area contributed by atoms with E-state index in [9.17, 15) is 9.18 Å². The van der Waals surface area contributed by atoms with Crippen LogP contribution in [0.2, 0.25) is 10.0 Å². The van der Waals surface area contributed by atoms with Crippen LogP contribution in [-0.2, 0) is 4.74 Å². The van der Waals surface area contributed by atoms with Gasteiger partial charge in [0.05, 0.1) is 34.1 Å². The van der Waals surface area contributed by atoms with Gasteiger partial charge in [-0.3, -0.25) is 0 Å². The third-order valence-electron chi connectivity index (χ3n) is 5.57. The molecule has 1 aromatic carbocycles. The standard InChI is InChI=1S/C24H26Cl2FN5O3/c1-24(2,3)35-23(33)32-9-5-6-13(11-32)20-17(34-4)10-16-21(31-20)22(29-12-28-16)30-15-8-7-14(25)18(26)19(15)27/h7-8,10,12-13H,5-6,9,11H2,1-4H3,(H,28,29,30)/t13-/m1/s1. The molecule has 1 saturated heterocycles. The van der Waals surface area contributed by atoms with Crippen molar-refractivity contribution in [3.63, 3.8) is 0 Å². The van der Waals surface area contributed by atoms with E-state index in [4.69, 9.17) is 37.7 Å². The summed E-state index contributed by atoms with van der Waals surface area (Å²) in [6, 6.07) is 4.73. The fourth-order valence-corrected chi connectivity index (χ4v) is 4.28. The van der Waals surface area contributed by atoms with E-state index in [1.165, 1.54) is 18.5 Å². The van der Waals surface area contributed by atoms with Crippen LogP contribution in [0.5, 0.6) is 5.75 Å². The first-order chi connectivity index (χ1) is 16.6. The number of piperidine rings is 1. The van der Waals surface area contributed by atoms with Gasteiger partial charge in [0.15, 0.2) is 11.6 Å². The molecule has 186 valence electrons. The molecule has 1 aliphatic heterocycles. The second kappa shape index (κ2) is 9.99. The highest BCUT2D eigenvalue weighted by molar-refractivity contribution is 6.42. The minimum atomic E-state index is -0.694. The molecule has 11 heteroatoms. The van der Waals surface area contributed by atoms with E-state index in [0.717, 1.165) is 12.8 Å². The summed E-state index contributed by atoms with van der Waals surface area (Å²) in [5.74, 6) is 0.0697. The number of ether oxygens (including phenoxy) is 2. The van der Waals surface area contributed by atoms with E-state index >= 15 is 0 Å². The normalized spacial score (nSPS) is 16.3. The zero-order chi connectivity index (χ0) is 25.3. The average molecular weight is 522 g/mol. The summed E-state index contributed by atoms with van der Waals surface area (Å²) in [6.07, 6.45) is 2.60. The lowest BCUT2D eigenvalue weighted by Crippen LogP contribution is -2.42. The lowest BCUT2D eigenvalue weighted by molar-refractivity contribution is 0.0196. The number of benzene rings is 1. The topological polar surface area (TPSA) is 89.5 Å². The Labute approximate surface area is 212 Å². The van der Waals surface area contributed by atoms with Gasteiger partial charge in [0, 0.05) is 25.1 Å². The predicted octanol–water partition coefficient (Wildman–Crippen LogP) is 6.34. The minimum absolute atomic E-state index is 0.0922. The number of methoxy groups -OCH3 is 1. The number of hydrogen-bond donors (Lipinski definition) is 1. The van der Waals surface area contributed by atoms with Gasteiger partial charge in [0.25, 0.3) is 0 Å². The molecule has 8 nitrogen and oxygen atoms in total. The molecule has 35 heavy (non-hydrogen) atoms. The van der Waals surface area contributed by atoms with Crippen molar-refractivity contribution in [2.24, 2.45) is 0 Å². The molecule has 4 rings (SSSR count). The number of carbonyl (C=O) groups is 1. The zero-order valence-corrected chi connectivity index (χ0v) is 21.4. The number of amides is 1. The van der Waals surface area contributed by atoms with E-state index in [1.54, 1.807) is 18.1 Å². The van der Waals surface area contributed by atoms with Crippen LogP contribution in [0.4, 0.5) is 20.7 Å². The number of anilines is 2. The quantitative estimate of drug-likeness (QED) is 0.400. The maximum absolute atomic E-state index is 14.7. The molecule has 1 fully saturated rings. The molecule has 0 unspecified atom stereocenters. The van der Waals surface area contributed by atoms with Crippen molar-refractivity contribution in [1.82, 2.24) is 19.9 Å². The second-order valence-electron chi connectivity index (χ2n) is 9.28. The van der Waals surface area contributed by atoms with Gasteiger partial charge in [0.1, 0.15) is 23.2 Å². The molecule has 1 atom stereocenters. The molecule has 1 amide bonds. The van der Waals surface area contributed by atoms with Gasteiger partial charge >= 0.3 is 6.09 Å². The number of likely N-dealkylation sites (tertiary alicyclic amines) is 1. The molecule has 3 aromatic rings. The molecule has 0 saturated carbocycles. The van der Waals surface area contributed by atoms with Crippen LogP contribution in [0.1, 0.15) is 45.2 Å². The van der Waals surface area contributed by atoms with Crippen molar-refractivity contribution < 1.29 is 18.7 Å². The Morgan fingerprint density at radius 1 is 1.26 bits per heavy atom. The Morgan fingerprint density at radius 2 is 2.03 bits per heavy atom. The molecule has 0 aliphatic carbocycles. The molecular weight excluding hydrogens is 496 g/mol. The van der Waals surface area contributed by atoms with Crippen molar-refractivity contribution in [2.45, 2.75) is 45.1 Å². The lowest BCUT2D eigenvalue weighted by Gasteiger charge is -2.34. The summed E-state index contributed by atoms with van der Waals surface area (Å²) in [7, 11) is 1.56. The first-order valence-electron chi connectivity index (χ1n) is 11.2.